The molecule has 2 fully saturated rings. The lowest BCUT2D eigenvalue weighted by molar-refractivity contribution is -0.135. The van der Waals surface area contributed by atoms with Gasteiger partial charge in [0.25, 0.3) is 5.91 Å². The lowest BCUT2D eigenvalue weighted by Gasteiger charge is -2.31. The lowest BCUT2D eigenvalue weighted by atomic mass is 9.95. The second-order valence-electron chi connectivity index (χ2n) is 6.72. The predicted molar refractivity (Wildman–Crippen MR) is 96.2 cm³/mol. The van der Waals surface area contributed by atoms with Crippen molar-refractivity contribution in [2.45, 2.75) is 25.0 Å². The van der Waals surface area contributed by atoms with E-state index in [1.807, 2.05) is 47.4 Å². The van der Waals surface area contributed by atoms with Crippen LogP contribution in [0.4, 0.5) is 5.69 Å². The highest BCUT2D eigenvalue weighted by Gasteiger charge is 2.48. The summed E-state index contributed by atoms with van der Waals surface area (Å²) >= 11 is 0. The van der Waals surface area contributed by atoms with Crippen LogP contribution < -0.4 is 5.32 Å². The maximum absolute atomic E-state index is 12.6. The Hall–Kier alpha value is -2.73. The first-order valence-corrected chi connectivity index (χ1v) is 8.92. The first kappa shape index (κ1) is 16.7. The number of amides is 2. The molecule has 6 nitrogen and oxygen atoms in total. The van der Waals surface area contributed by atoms with E-state index < -0.39 is 6.10 Å². The van der Waals surface area contributed by atoms with E-state index in [-0.39, 0.29) is 23.8 Å². The van der Waals surface area contributed by atoms with Gasteiger partial charge in [0.15, 0.2) is 6.10 Å². The Kier molecular flexibility index (Phi) is 4.67. The number of nitrogens with one attached hydrogen (secondary N) is 1. The number of piperidine rings is 1. The fourth-order valence-electron chi connectivity index (χ4n) is 3.41. The number of carbonyl (C=O) groups excluding carboxylic acids is 2. The molecule has 2 amide bonds. The van der Waals surface area contributed by atoms with Gasteiger partial charge in [-0.3, -0.25) is 14.6 Å². The van der Waals surface area contributed by atoms with Crippen molar-refractivity contribution < 1.29 is 14.3 Å². The number of epoxide rings is 1. The van der Waals surface area contributed by atoms with Crippen molar-refractivity contribution in [2.75, 3.05) is 18.4 Å². The first-order valence-electron chi connectivity index (χ1n) is 8.92. The largest absolute Gasteiger partial charge is 0.354 e. The van der Waals surface area contributed by atoms with Gasteiger partial charge >= 0.3 is 0 Å². The number of likely N-dealkylation sites (tertiary alicyclic amines) is 1. The van der Waals surface area contributed by atoms with Crippen molar-refractivity contribution in [1.29, 1.82) is 0 Å². The van der Waals surface area contributed by atoms with Gasteiger partial charge in [-0.1, -0.05) is 24.3 Å². The van der Waals surface area contributed by atoms with Crippen molar-refractivity contribution in [2.24, 2.45) is 5.92 Å². The summed E-state index contributed by atoms with van der Waals surface area (Å²) in [5.41, 5.74) is 1.74. The van der Waals surface area contributed by atoms with Crippen molar-refractivity contribution >= 4 is 17.5 Å². The van der Waals surface area contributed by atoms with E-state index in [1.54, 1.807) is 12.4 Å². The average molecular weight is 351 g/mol. The molecule has 26 heavy (non-hydrogen) atoms. The molecule has 0 radical (unpaired) electrons. The molecule has 0 saturated carbocycles. The van der Waals surface area contributed by atoms with Crippen LogP contribution in [0.3, 0.4) is 0 Å². The molecule has 1 aromatic carbocycles. The zero-order valence-electron chi connectivity index (χ0n) is 14.4. The van der Waals surface area contributed by atoms with E-state index in [9.17, 15) is 9.59 Å². The Labute approximate surface area is 152 Å². The van der Waals surface area contributed by atoms with E-state index in [0.29, 0.717) is 25.9 Å². The lowest BCUT2D eigenvalue weighted by Crippen LogP contribution is -2.43. The third kappa shape index (κ3) is 3.60. The molecule has 2 aromatic rings. The Morgan fingerprint density at radius 1 is 1.08 bits per heavy atom. The molecule has 2 aliphatic rings. The van der Waals surface area contributed by atoms with Gasteiger partial charge in [-0.25, -0.2) is 0 Å². The van der Waals surface area contributed by atoms with Crippen LogP contribution in [0, 0.1) is 5.92 Å². The molecule has 4 rings (SSSR count). The summed E-state index contributed by atoms with van der Waals surface area (Å²) < 4.78 is 5.56. The number of hydrogen-bond donors (Lipinski definition) is 1. The molecule has 1 aromatic heterocycles. The average Bonchev–Trinajstić information content (AvgIpc) is 3.50. The van der Waals surface area contributed by atoms with Crippen molar-refractivity contribution in [3.8, 4) is 0 Å². The highest BCUT2D eigenvalue weighted by molar-refractivity contribution is 5.92. The molecule has 3 heterocycles. The maximum Gasteiger partial charge on any atom is 0.254 e. The van der Waals surface area contributed by atoms with Crippen LogP contribution in [0.1, 0.15) is 24.5 Å². The molecule has 0 spiro atoms. The summed E-state index contributed by atoms with van der Waals surface area (Å²) in [5, 5.41) is 2.95. The monoisotopic (exact) mass is 351 g/mol. The van der Waals surface area contributed by atoms with Crippen LogP contribution in [0.2, 0.25) is 0 Å². The second-order valence-corrected chi connectivity index (χ2v) is 6.72. The highest BCUT2D eigenvalue weighted by atomic mass is 16.6. The van der Waals surface area contributed by atoms with Gasteiger partial charge in [0, 0.05) is 42.7 Å². The molecule has 0 bridgehead atoms. The number of anilines is 1. The molecule has 6 heteroatoms. The third-order valence-corrected chi connectivity index (χ3v) is 4.97. The Morgan fingerprint density at radius 2 is 1.85 bits per heavy atom. The summed E-state index contributed by atoms with van der Waals surface area (Å²) in [6.45, 7) is 1.18. The third-order valence-electron chi connectivity index (χ3n) is 4.97. The summed E-state index contributed by atoms with van der Waals surface area (Å²) in [4.78, 5) is 30.9. The molecule has 2 saturated heterocycles. The molecule has 134 valence electrons. The highest BCUT2D eigenvalue weighted by Crippen LogP contribution is 2.39. The molecule has 2 aliphatic heterocycles. The van der Waals surface area contributed by atoms with Crippen molar-refractivity contribution in [1.82, 2.24) is 9.88 Å². The van der Waals surface area contributed by atoms with Crippen LogP contribution in [0.5, 0.6) is 0 Å². The number of ether oxygens (including phenoxy) is 1. The number of rotatable bonds is 4. The van der Waals surface area contributed by atoms with Gasteiger partial charge in [0.2, 0.25) is 5.91 Å². The minimum absolute atomic E-state index is 0.0146. The van der Waals surface area contributed by atoms with E-state index in [0.717, 1.165) is 11.3 Å². The number of pyridine rings is 1. The van der Waals surface area contributed by atoms with Gasteiger partial charge in [0.1, 0.15) is 6.10 Å². The molecule has 2 atom stereocenters. The van der Waals surface area contributed by atoms with Gasteiger partial charge < -0.3 is 15.0 Å². The van der Waals surface area contributed by atoms with Gasteiger partial charge in [-0.15, -0.1) is 0 Å². The van der Waals surface area contributed by atoms with E-state index in [2.05, 4.69) is 10.3 Å². The Morgan fingerprint density at radius 3 is 2.54 bits per heavy atom. The second kappa shape index (κ2) is 7.25. The van der Waals surface area contributed by atoms with Gasteiger partial charge in [-0.05, 0) is 31.0 Å². The zero-order valence-corrected chi connectivity index (χ0v) is 14.4. The number of para-hydroxylation sites is 1. The van der Waals surface area contributed by atoms with Crippen LogP contribution in [0.25, 0.3) is 0 Å². The molecular formula is C20H21N3O3. The zero-order chi connectivity index (χ0) is 17.9. The smallest absolute Gasteiger partial charge is 0.254 e. The SMILES string of the molecule is O=C(Nc1ccccc1)C1CCN(C(=O)C2OC2c2cccnc2)CC1. The van der Waals surface area contributed by atoms with E-state index in [4.69, 9.17) is 4.74 Å². The van der Waals surface area contributed by atoms with Gasteiger partial charge in [0.05, 0.1) is 0 Å². The predicted octanol–water partition coefficient (Wildman–Crippen LogP) is 2.40. The number of carbonyl (C=O) groups is 2. The van der Waals surface area contributed by atoms with E-state index >= 15 is 0 Å². The van der Waals surface area contributed by atoms with Crippen molar-refractivity contribution in [3.05, 3.63) is 60.4 Å². The molecule has 1 N–H and O–H groups in total. The van der Waals surface area contributed by atoms with E-state index in [1.165, 1.54) is 0 Å². The summed E-state index contributed by atoms with van der Waals surface area (Å²) in [6, 6.07) is 13.2. The molecule has 0 aliphatic carbocycles. The topological polar surface area (TPSA) is 74.8 Å². The quantitative estimate of drug-likeness (QED) is 0.859. The van der Waals surface area contributed by atoms with Crippen LogP contribution in [0.15, 0.2) is 54.9 Å². The van der Waals surface area contributed by atoms with Crippen molar-refractivity contribution in [3.63, 3.8) is 0 Å². The fraction of sp³-hybridized carbons (Fsp3) is 0.350. The summed E-state index contributed by atoms with van der Waals surface area (Å²) in [7, 11) is 0. The number of benzene rings is 1. The van der Waals surface area contributed by atoms with Crippen LogP contribution in [-0.4, -0.2) is 40.9 Å². The number of nitrogens with zero attached hydrogens (tertiary/aromatic N) is 2. The fourth-order valence-corrected chi connectivity index (χ4v) is 3.41. The summed E-state index contributed by atoms with van der Waals surface area (Å²) in [5.74, 6) is -0.0199. The Bertz CT molecular complexity index is 773. The standard InChI is InChI=1S/C20H21N3O3/c24-19(22-16-6-2-1-3-7-16)14-8-11-23(12-9-14)20(25)18-17(26-18)15-5-4-10-21-13-15/h1-7,10,13-14,17-18H,8-9,11-12H2,(H,22,24). The number of hydrogen-bond acceptors (Lipinski definition) is 4. The van der Waals surface area contributed by atoms with Gasteiger partial charge in [-0.2, -0.15) is 0 Å². The number of aromatic nitrogens is 1. The first-order chi connectivity index (χ1) is 12.7. The normalized spacial score (nSPS) is 22.7. The Balaban J connectivity index is 1.27. The maximum atomic E-state index is 12.6. The minimum atomic E-state index is -0.408. The molecule has 2 unspecified atom stereocenters. The minimum Gasteiger partial charge on any atom is -0.354 e. The molecular weight excluding hydrogens is 330 g/mol. The van der Waals surface area contributed by atoms with Crippen LogP contribution in [-0.2, 0) is 14.3 Å². The van der Waals surface area contributed by atoms with Crippen LogP contribution >= 0.6 is 0 Å². The summed E-state index contributed by atoms with van der Waals surface area (Å²) in [6.07, 6.45) is 4.19.